The lowest BCUT2D eigenvalue weighted by Gasteiger charge is -2.26. The van der Waals surface area contributed by atoms with Crippen LogP contribution in [0.5, 0.6) is 0 Å². The van der Waals surface area contributed by atoms with Crippen molar-refractivity contribution in [2.75, 3.05) is 4.90 Å². The molecule has 12 aromatic carbocycles. The molecule has 0 N–H and O–H groups in total. The monoisotopic (exact) mass is 773 g/mol. The zero-order chi connectivity index (χ0) is 40.3. The molecule has 0 fully saturated rings. The fourth-order valence-electron chi connectivity index (χ4n) is 10.1. The molecule has 61 heavy (non-hydrogen) atoms. The van der Waals surface area contributed by atoms with Crippen LogP contribution in [0.2, 0.25) is 0 Å². The van der Waals surface area contributed by atoms with E-state index >= 15 is 0 Å². The van der Waals surface area contributed by atoms with Crippen molar-refractivity contribution >= 4 is 81.7 Å². The molecule has 12 aromatic rings. The third-order valence-electron chi connectivity index (χ3n) is 12.6. The molecule has 0 aliphatic rings. The van der Waals surface area contributed by atoms with Gasteiger partial charge < -0.3 is 4.90 Å². The summed E-state index contributed by atoms with van der Waals surface area (Å²) in [6.07, 6.45) is 0. The summed E-state index contributed by atoms with van der Waals surface area (Å²) in [4.78, 5) is 2.33. The number of nitrogens with zero attached hydrogens (tertiary/aromatic N) is 1. The molecule has 1 nitrogen and oxygen atoms in total. The van der Waals surface area contributed by atoms with E-state index in [1.807, 2.05) is 0 Å². The molecule has 1 heteroatoms. The lowest BCUT2D eigenvalue weighted by molar-refractivity contribution is 1.28. The van der Waals surface area contributed by atoms with Crippen LogP contribution in [0.3, 0.4) is 0 Å². The van der Waals surface area contributed by atoms with E-state index in [0.717, 1.165) is 17.1 Å². The maximum Gasteiger partial charge on any atom is 0.0462 e. The van der Waals surface area contributed by atoms with Gasteiger partial charge in [0.05, 0.1) is 0 Å². The summed E-state index contributed by atoms with van der Waals surface area (Å²) in [5, 5.41) is 15.1. The van der Waals surface area contributed by atoms with Gasteiger partial charge in [0, 0.05) is 17.1 Å². The molecule has 0 aliphatic heterocycles. The Kier molecular flexibility index (Phi) is 8.25. The minimum absolute atomic E-state index is 1.11. The number of anilines is 3. The van der Waals surface area contributed by atoms with E-state index in [1.165, 1.54) is 98.0 Å². The third-order valence-corrected chi connectivity index (χ3v) is 12.6. The average Bonchev–Trinajstić information content (AvgIpc) is 3.34. The molecule has 0 radical (unpaired) electrons. The van der Waals surface area contributed by atoms with Gasteiger partial charge in [0.1, 0.15) is 0 Å². The van der Waals surface area contributed by atoms with Crippen molar-refractivity contribution in [3.05, 3.63) is 237 Å². The maximum atomic E-state index is 2.35. The predicted molar refractivity (Wildman–Crippen MR) is 262 cm³/mol. The van der Waals surface area contributed by atoms with Crippen molar-refractivity contribution in [1.29, 1.82) is 0 Å². The number of hydrogen-bond acceptors (Lipinski definition) is 1. The third kappa shape index (κ3) is 5.55. The predicted octanol–water partition coefficient (Wildman–Crippen LogP) is 17.1. The van der Waals surface area contributed by atoms with Crippen LogP contribution in [0.15, 0.2) is 237 Å². The molecule has 0 amide bonds. The van der Waals surface area contributed by atoms with Crippen molar-refractivity contribution in [3.8, 4) is 33.4 Å². The van der Waals surface area contributed by atoms with Crippen molar-refractivity contribution in [1.82, 2.24) is 0 Å². The summed E-state index contributed by atoms with van der Waals surface area (Å²) in [6.45, 7) is 0. The first kappa shape index (κ1) is 35.0. The summed E-state index contributed by atoms with van der Waals surface area (Å²) in [5.74, 6) is 0. The highest BCUT2D eigenvalue weighted by atomic mass is 15.1. The van der Waals surface area contributed by atoms with E-state index in [0.29, 0.717) is 0 Å². The zero-order valence-electron chi connectivity index (χ0n) is 33.5. The highest BCUT2D eigenvalue weighted by Crippen LogP contribution is 2.53. The molecule has 0 saturated carbocycles. The number of benzene rings is 12. The Balaban J connectivity index is 1.23. The van der Waals surface area contributed by atoms with Crippen molar-refractivity contribution in [2.24, 2.45) is 0 Å². The molecular formula is C60H39N. The van der Waals surface area contributed by atoms with Gasteiger partial charge in [-0.05, 0) is 134 Å². The van der Waals surface area contributed by atoms with Gasteiger partial charge in [0.25, 0.3) is 0 Å². The van der Waals surface area contributed by atoms with Crippen LogP contribution in [0.1, 0.15) is 0 Å². The quantitative estimate of drug-likeness (QED) is 0.120. The average molecular weight is 774 g/mol. The highest BCUT2D eigenvalue weighted by Gasteiger charge is 2.25. The van der Waals surface area contributed by atoms with E-state index in [2.05, 4.69) is 241 Å². The van der Waals surface area contributed by atoms with Gasteiger partial charge in [-0.25, -0.2) is 0 Å². The Hall–Kier alpha value is -8.00. The summed E-state index contributed by atoms with van der Waals surface area (Å²) in [5.41, 5.74) is 10.8. The van der Waals surface area contributed by atoms with Gasteiger partial charge in [-0.15, -0.1) is 0 Å². The number of fused-ring (bicyclic) bond motifs is 9. The van der Waals surface area contributed by atoms with E-state index in [9.17, 15) is 0 Å². The minimum atomic E-state index is 1.11. The SMILES string of the molecule is c1ccc(-c2c3ccccc3c(-c3c4ccccc4c(-c4ccc(N(c5ccccc5)c5ccccc5)cc4)c4c5ccccc5c5ccccc5c34)c3ccccc23)cc1. The normalized spacial score (nSPS) is 11.6. The second-order valence-electron chi connectivity index (χ2n) is 15.9. The molecule has 0 unspecified atom stereocenters. The Morgan fingerprint density at radius 3 is 0.934 bits per heavy atom. The minimum Gasteiger partial charge on any atom is -0.311 e. The van der Waals surface area contributed by atoms with Crippen LogP contribution in [-0.2, 0) is 0 Å². The first-order valence-corrected chi connectivity index (χ1v) is 21.1. The molecule has 0 spiro atoms. The first-order chi connectivity index (χ1) is 30.3. The Morgan fingerprint density at radius 2 is 0.475 bits per heavy atom. The molecule has 12 rings (SSSR count). The molecule has 0 heterocycles. The zero-order valence-corrected chi connectivity index (χ0v) is 33.5. The largest absolute Gasteiger partial charge is 0.311 e. The van der Waals surface area contributed by atoms with Gasteiger partial charge in [0.2, 0.25) is 0 Å². The number of hydrogen-bond donors (Lipinski definition) is 0. The van der Waals surface area contributed by atoms with Gasteiger partial charge in [-0.3, -0.25) is 0 Å². The molecule has 0 bridgehead atoms. The van der Waals surface area contributed by atoms with E-state index in [4.69, 9.17) is 0 Å². The fourth-order valence-corrected chi connectivity index (χ4v) is 10.1. The van der Waals surface area contributed by atoms with Crippen molar-refractivity contribution in [3.63, 3.8) is 0 Å². The molecule has 0 aliphatic carbocycles. The molecule has 284 valence electrons. The lowest BCUT2D eigenvalue weighted by atomic mass is 9.78. The lowest BCUT2D eigenvalue weighted by Crippen LogP contribution is -2.09. The van der Waals surface area contributed by atoms with Crippen LogP contribution in [0.25, 0.3) is 98.0 Å². The highest BCUT2D eigenvalue weighted by molar-refractivity contribution is 6.39. The van der Waals surface area contributed by atoms with E-state index in [-0.39, 0.29) is 0 Å². The van der Waals surface area contributed by atoms with Crippen molar-refractivity contribution in [2.45, 2.75) is 0 Å². The second-order valence-corrected chi connectivity index (χ2v) is 15.9. The van der Waals surface area contributed by atoms with Crippen LogP contribution in [0.4, 0.5) is 17.1 Å². The second kappa shape index (κ2) is 14.4. The van der Waals surface area contributed by atoms with Gasteiger partial charge >= 0.3 is 0 Å². The summed E-state index contributed by atoms with van der Waals surface area (Å²) in [7, 11) is 0. The summed E-state index contributed by atoms with van der Waals surface area (Å²) < 4.78 is 0. The van der Waals surface area contributed by atoms with Gasteiger partial charge in [-0.1, -0.05) is 200 Å². The fraction of sp³-hybridized carbons (Fsp3) is 0. The molecule has 0 aromatic heterocycles. The first-order valence-electron chi connectivity index (χ1n) is 21.1. The Morgan fingerprint density at radius 1 is 0.180 bits per heavy atom. The molecular weight excluding hydrogens is 735 g/mol. The molecule has 0 saturated heterocycles. The Bertz CT molecular complexity index is 3510. The summed E-state index contributed by atoms with van der Waals surface area (Å²) >= 11 is 0. The van der Waals surface area contributed by atoms with Gasteiger partial charge in [0.15, 0.2) is 0 Å². The molecule has 0 atom stereocenters. The van der Waals surface area contributed by atoms with Gasteiger partial charge in [-0.2, -0.15) is 0 Å². The number of rotatable bonds is 6. The standard InChI is InChI=1S/C60H39N/c1-4-20-40(21-5-1)55-49-30-14-17-33-52(49)57(53-34-18-15-31-50(53)55)59-54-35-19-16-32-51(54)56(58-47-28-12-10-26-45(47)46-27-11-13-29-48(46)60(58)59)41-36-38-44(39-37-41)61(42-22-6-2-7-23-42)43-24-8-3-9-25-43/h1-39H. The van der Waals surface area contributed by atoms with Crippen LogP contribution < -0.4 is 4.90 Å². The van der Waals surface area contributed by atoms with Crippen LogP contribution in [-0.4, -0.2) is 0 Å². The smallest absolute Gasteiger partial charge is 0.0462 e. The van der Waals surface area contributed by atoms with Crippen LogP contribution in [0, 0.1) is 0 Å². The van der Waals surface area contributed by atoms with E-state index in [1.54, 1.807) is 0 Å². The van der Waals surface area contributed by atoms with E-state index < -0.39 is 0 Å². The van der Waals surface area contributed by atoms with Crippen molar-refractivity contribution < 1.29 is 0 Å². The summed E-state index contributed by atoms with van der Waals surface area (Å²) in [6, 6.07) is 86.7. The van der Waals surface area contributed by atoms with Crippen LogP contribution >= 0.6 is 0 Å². The Labute approximate surface area is 355 Å². The number of para-hydroxylation sites is 2. The maximum absolute atomic E-state index is 2.35. The topological polar surface area (TPSA) is 3.24 Å².